The highest BCUT2D eigenvalue weighted by molar-refractivity contribution is 7.90. The molecule has 0 unspecified atom stereocenters. The van der Waals surface area contributed by atoms with Gasteiger partial charge < -0.3 is 9.64 Å². The van der Waals surface area contributed by atoms with Crippen LogP contribution in [-0.4, -0.2) is 53.6 Å². The van der Waals surface area contributed by atoms with Crippen LogP contribution in [0.3, 0.4) is 0 Å². The standard InChI is InChI=1S/C18H17FN6O3S/c1-28-13-5-3-11(4-6-13)10-24(15-7-14(15)19)18-23-17(29(2,26)27)22-16-12(8-20)9-21-25(16)18/h3-6,9,14-15H,7,10H2,1-2H3/t14-,15+/m0/s1. The van der Waals surface area contributed by atoms with Crippen LogP contribution >= 0.6 is 0 Å². The number of rotatable bonds is 6. The number of hydrogen-bond donors (Lipinski definition) is 0. The predicted octanol–water partition coefficient (Wildman–Crippen LogP) is 1.53. The number of fused-ring (bicyclic) bond motifs is 1. The number of benzene rings is 1. The summed E-state index contributed by atoms with van der Waals surface area (Å²) in [5.74, 6) is 0.808. The maximum absolute atomic E-state index is 14.0. The molecule has 29 heavy (non-hydrogen) atoms. The van der Waals surface area contributed by atoms with Crippen LogP contribution in [-0.2, 0) is 16.4 Å². The van der Waals surface area contributed by atoms with Crippen molar-refractivity contribution in [3.8, 4) is 11.8 Å². The zero-order chi connectivity index (χ0) is 20.8. The molecule has 11 heteroatoms. The molecule has 0 radical (unpaired) electrons. The number of nitrogens with zero attached hydrogens (tertiary/aromatic N) is 6. The van der Waals surface area contributed by atoms with E-state index in [4.69, 9.17) is 4.74 Å². The molecule has 0 bridgehead atoms. The Hall–Kier alpha value is -3.26. The van der Waals surface area contributed by atoms with Crippen molar-refractivity contribution in [3.63, 3.8) is 0 Å². The Morgan fingerprint density at radius 2 is 2.03 bits per heavy atom. The summed E-state index contributed by atoms with van der Waals surface area (Å²) in [6.45, 7) is 0.270. The lowest BCUT2D eigenvalue weighted by atomic mass is 10.2. The van der Waals surface area contributed by atoms with E-state index in [2.05, 4.69) is 15.1 Å². The first-order valence-electron chi connectivity index (χ1n) is 8.71. The molecule has 2 heterocycles. The summed E-state index contributed by atoms with van der Waals surface area (Å²) in [5.41, 5.74) is 1.02. The maximum Gasteiger partial charge on any atom is 0.252 e. The minimum atomic E-state index is -3.76. The van der Waals surface area contributed by atoms with E-state index in [0.29, 0.717) is 12.2 Å². The van der Waals surface area contributed by atoms with Crippen LogP contribution in [0.4, 0.5) is 10.3 Å². The molecule has 2 aromatic heterocycles. The highest BCUT2D eigenvalue weighted by atomic mass is 32.2. The van der Waals surface area contributed by atoms with Crippen molar-refractivity contribution in [2.75, 3.05) is 18.3 Å². The van der Waals surface area contributed by atoms with Crippen molar-refractivity contribution in [2.45, 2.75) is 30.3 Å². The molecule has 0 aliphatic heterocycles. The summed E-state index contributed by atoms with van der Waals surface area (Å²) in [6, 6.07) is 8.70. The molecule has 2 atom stereocenters. The van der Waals surface area contributed by atoms with E-state index in [1.807, 2.05) is 18.2 Å². The van der Waals surface area contributed by atoms with Gasteiger partial charge in [0.1, 0.15) is 23.6 Å². The second kappa shape index (κ2) is 6.97. The van der Waals surface area contributed by atoms with Crippen molar-refractivity contribution in [1.82, 2.24) is 19.6 Å². The Balaban J connectivity index is 1.85. The number of sulfone groups is 1. The van der Waals surface area contributed by atoms with Crippen LogP contribution in [0.2, 0.25) is 0 Å². The van der Waals surface area contributed by atoms with Crippen molar-refractivity contribution in [2.24, 2.45) is 0 Å². The lowest BCUT2D eigenvalue weighted by Crippen LogP contribution is -2.31. The number of alkyl halides is 1. The highest BCUT2D eigenvalue weighted by Crippen LogP contribution is 2.36. The number of aromatic nitrogens is 4. The van der Waals surface area contributed by atoms with E-state index in [1.165, 1.54) is 10.7 Å². The van der Waals surface area contributed by atoms with Gasteiger partial charge in [-0.05, 0) is 17.7 Å². The SMILES string of the molecule is COc1ccc(CN(c2nc(S(C)(=O)=O)nc3c(C#N)cnn23)[C@@H]2C[C@@H]2F)cc1. The number of anilines is 1. The molecule has 1 aliphatic rings. The normalized spacial score (nSPS) is 18.4. The number of nitriles is 1. The van der Waals surface area contributed by atoms with Gasteiger partial charge in [-0.1, -0.05) is 12.1 Å². The minimum absolute atomic E-state index is 0.0636. The summed E-state index contributed by atoms with van der Waals surface area (Å²) >= 11 is 0. The molecule has 1 fully saturated rings. The first-order valence-corrected chi connectivity index (χ1v) is 10.6. The Morgan fingerprint density at radius 1 is 1.34 bits per heavy atom. The van der Waals surface area contributed by atoms with Gasteiger partial charge in [-0.25, -0.2) is 12.8 Å². The average Bonchev–Trinajstić information content (AvgIpc) is 3.27. The molecule has 3 aromatic rings. The van der Waals surface area contributed by atoms with E-state index < -0.39 is 27.2 Å². The Bertz CT molecular complexity index is 1220. The highest BCUT2D eigenvalue weighted by Gasteiger charge is 2.44. The molecule has 1 saturated carbocycles. The fourth-order valence-electron chi connectivity index (χ4n) is 3.01. The van der Waals surface area contributed by atoms with Gasteiger partial charge in [-0.2, -0.15) is 24.8 Å². The average molecular weight is 416 g/mol. The number of hydrogen-bond acceptors (Lipinski definition) is 8. The lowest BCUT2D eigenvalue weighted by Gasteiger charge is -2.24. The summed E-state index contributed by atoms with van der Waals surface area (Å²) in [7, 11) is -2.20. The third-order valence-corrected chi connectivity index (χ3v) is 5.48. The molecule has 0 spiro atoms. The Labute approximate surface area is 166 Å². The van der Waals surface area contributed by atoms with E-state index in [1.54, 1.807) is 24.1 Å². The van der Waals surface area contributed by atoms with Crippen molar-refractivity contribution in [3.05, 3.63) is 41.6 Å². The number of halogens is 1. The van der Waals surface area contributed by atoms with E-state index >= 15 is 0 Å². The molecule has 0 N–H and O–H groups in total. The second-order valence-electron chi connectivity index (χ2n) is 6.78. The van der Waals surface area contributed by atoms with Crippen LogP contribution in [0.25, 0.3) is 5.65 Å². The quantitative estimate of drug-likeness (QED) is 0.594. The Kier molecular flexibility index (Phi) is 4.58. The molecule has 9 nitrogen and oxygen atoms in total. The maximum atomic E-state index is 14.0. The molecule has 150 valence electrons. The summed E-state index contributed by atoms with van der Waals surface area (Å²) in [5, 5.41) is 13.0. The van der Waals surface area contributed by atoms with Gasteiger partial charge in [0.15, 0.2) is 5.65 Å². The first kappa shape index (κ1) is 19.1. The topological polar surface area (TPSA) is 113 Å². The van der Waals surface area contributed by atoms with Crippen molar-refractivity contribution < 1.29 is 17.5 Å². The van der Waals surface area contributed by atoms with Gasteiger partial charge in [0, 0.05) is 19.2 Å². The molecular weight excluding hydrogens is 399 g/mol. The van der Waals surface area contributed by atoms with E-state index in [9.17, 15) is 18.1 Å². The molecule has 1 aliphatic carbocycles. The van der Waals surface area contributed by atoms with Crippen molar-refractivity contribution in [1.29, 1.82) is 5.26 Å². The van der Waals surface area contributed by atoms with Crippen LogP contribution in [0.1, 0.15) is 17.5 Å². The zero-order valence-electron chi connectivity index (χ0n) is 15.6. The fourth-order valence-corrected chi connectivity index (χ4v) is 3.51. The molecular formula is C18H17FN6O3S. The fraction of sp³-hybridized carbons (Fsp3) is 0.333. The summed E-state index contributed by atoms with van der Waals surface area (Å²) in [6.07, 6.45) is 1.49. The van der Waals surface area contributed by atoms with Crippen LogP contribution in [0.5, 0.6) is 5.75 Å². The third-order valence-electron chi connectivity index (χ3n) is 4.63. The molecule has 0 saturated heterocycles. The first-order chi connectivity index (χ1) is 13.8. The van der Waals surface area contributed by atoms with Gasteiger partial charge in [-0.3, -0.25) is 0 Å². The molecule has 4 rings (SSSR count). The van der Waals surface area contributed by atoms with Crippen LogP contribution in [0.15, 0.2) is 35.6 Å². The van der Waals surface area contributed by atoms with Gasteiger partial charge in [-0.15, -0.1) is 0 Å². The number of ether oxygens (including phenoxy) is 1. The lowest BCUT2D eigenvalue weighted by molar-refractivity contribution is 0.414. The van der Waals surface area contributed by atoms with Gasteiger partial charge >= 0.3 is 0 Å². The van der Waals surface area contributed by atoms with Crippen molar-refractivity contribution >= 4 is 21.4 Å². The van der Waals surface area contributed by atoms with E-state index in [0.717, 1.165) is 11.8 Å². The largest absolute Gasteiger partial charge is 0.497 e. The second-order valence-corrected chi connectivity index (χ2v) is 8.69. The third kappa shape index (κ3) is 3.58. The van der Waals surface area contributed by atoms with Gasteiger partial charge in [0.2, 0.25) is 15.8 Å². The molecule has 0 amide bonds. The predicted molar refractivity (Wildman–Crippen MR) is 101 cm³/mol. The Morgan fingerprint density at radius 3 is 2.59 bits per heavy atom. The monoisotopic (exact) mass is 416 g/mol. The zero-order valence-corrected chi connectivity index (χ0v) is 16.5. The molecule has 1 aromatic carbocycles. The van der Waals surface area contributed by atoms with E-state index in [-0.39, 0.29) is 23.7 Å². The van der Waals surface area contributed by atoms with Gasteiger partial charge in [0.25, 0.3) is 5.16 Å². The van der Waals surface area contributed by atoms with Gasteiger partial charge in [0.05, 0.1) is 19.3 Å². The smallest absolute Gasteiger partial charge is 0.252 e. The minimum Gasteiger partial charge on any atom is -0.497 e. The van der Waals surface area contributed by atoms with Crippen LogP contribution in [0, 0.1) is 11.3 Å². The summed E-state index contributed by atoms with van der Waals surface area (Å²) in [4.78, 5) is 9.82. The summed E-state index contributed by atoms with van der Waals surface area (Å²) < 4.78 is 44.7. The number of methoxy groups -OCH3 is 1. The van der Waals surface area contributed by atoms with Crippen LogP contribution < -0.4 is 9.64 Å².